The summed E-state index contributed by atoms with van der Waals surface area (Å²) in [5.41, 5.74) is 1.46. The lowest BCUT2D eigenvalue weighted by Crippen LogP contribution is -2.30. The summed E-state index contributed by atoms with van der Waals surface area (Å²) in [7, 11) is 0. The first kappa shape index (κ1) is 63.7. The Bertz CT molecular complexity index is 3060. The molecule has 7 rings (SSSR count). The van der Waals surface area contributed by atoms with Gasteiger partial charge in [0.15, 0.2) is 0 Å². The molecule has 17 nitrogen and oxygen atoms in total. The number of fused-ring (bicyclic) bond motifs is 1. The number of rotatable bonds is 33. The number of unbranched alkanes of at least 4 members (excludes halogenated alkanes) is 9. The third kappa shape index (κ3) is 20.8. The molecule has 0 radical (unpaired) electrons. The van der Waals surface area contributed by atoms with Crippen molar-refractivity contribution in [2.75, 3.05) is 26.4 Å². The summed E-state index contributed by atoms with van der Waals surface area (Å²) >= 11 is 1.54. The second kappa shape index (κ2) is 34.7. The Labute approximate surface area is 496 Å². The molecule has 0 unspecified atom stereocenters. The average molecular weight is 1170 g/mol. The molecule has 448 valence electrons. The predicted octanol–water partition coefficient (Wildman–Crippen LogP) is 13.2. The number of hydrogen-bond acceptors (Lipinski definition) is 17. The number of ether oxygens (including phenoxy) is 8. The van der Waals surface area contributed by atoms with E-state index < -0.39 is 35.7 Å². The van der Waals surface area contributed by atoms with Crippen LogP contribution in [0.15, 0.2) is 127 Å². The number of carbonyl (C=O) groups is 6. The van der Waals surface area contributed by atoms with Gasteiger partial charge in [-0.25, -0.2) is 9.59 Å². The summed E-state index contributed by atoms with van der Waals surface area (Å²) in [4.78, 5) is 77.1. The zero-order valence-electron chi connectivity index (χ0n) is 48.3. The Morgan fingerprint density at radius 2 is 0.940 bits per heavy atom. The molecule has 2 saturated carbocycles. The molecule has 0 aliphatic heterocycles. The molecule has 2 aliphatic rings. The molecule has 2 aliphatic carbocycles. The minimum Gasteiger partial charge on any atom is -0.494 e. The van der Waals surface area contributed by atoms with Crippen LogP contribution in [0.2, 0.25) is 0 Å². The van der Waals surface area contributed by atoms with Crippen LogP contribution in [0.4, 0.5) is 0 Å². The maximum atomic E-state index is 13.9. The van der Waals surface area contributed by atoms with Gasteiger partial charge in [0, 0.05) is 24.3 Å². The Hall–Kier alpha value is -7.86. The van der Waals surface area contributed by atoms with E-state index in [4.69, 9.17) is 37.9 Å². The number of carbonyl (C=O) groups excluding carboxylic acids is 6. The Morgan fingerprint density at radius 1 is 0.512 bits per heavy atom. The molecule has 0 amide bonds. The highest BCUT2D eigenvalue weighted by Gasteiger charge is 2.34. The van der Waals surface area contributed by atoms with E-state index in [0.717, 1.165) is 111 Å². The first-order valence-electron chi connectivity index (χ1n) is 29.7. The molecule has 0 atom stereocenters. The minimum atomic E-state index is -0.466. The fraction of sp³-hybridized carbons (Fsp3) is 0.455. The number of aromatic nitrogens is 1. The number of benzene rings is 4. The molecular weight excluding hydrogens is 1090 g/mol. The summed E-state index contributed by atoms with van der Waals surface area (Å²) in [6.45, 7) is 11.6. The van der Waals surface area contributed by atoms with Crippen LogP contribution in [0.25, 0.3) is 10.2 Å². The van der Waals surface area contributed by atoms with Crippen LogP contribution in [-0.4, -0.2) is 73.0 Å². The monoisotopic (exact) mass is 1170 g/mol. The molecule has 18 heteroatoms. The molecule has 1 aromatic heterocycles. The Balaban J connectivity index is 0.910. The van der Waals surface area contributed by atoms with Crippen molar-refractivity contribution in [2.45, 2.75) is 142 Å². The lowest BCUT2D eigenvalue weighted by Gasteiger charge is -2.26. The zero-order valence-corrected chi connectivity index (χ0v) is 49.1. The van der Waals surface area contributed by atoms with E-state index >= 15 is 0 Å². The lowest BCUT2D eigenvalue weighted by atomic mass is 9.82. The summed E-state index contributed by atoms with van der Waals surface area (Å²) < 4.78 is 48.5. The van der Waals surface area contributed by atoms with Crippen molar-refractivity contribution < 1.29 is 66.7 Å². The molecule has 0 spiro atoms. The largest absolute Gasteiger partial charge is 0.494 e. The van der Waals surface area contributed by atoms with E-state index in [-0.39, 0.29) is 35.3 Å². The van der Waals surface area contributed by atoms with E-state index in [1.165, 1.54) is 17.6 Å². The quantitative estimate of drug-likeness (QED) is 0.00957. The van der Waals surface area contributed by atoms with Crippen molar-refractivity contribution in [3.63, 3.8) is 0 Å². The van der Waals surface area contributed by atoms with Crippen LogP contribution in [-0.2, 0) is 44.8 Å². The molecule has 0 bridgehead atoms. The van der Waals surface area contributed by atoms with Gasteiger partial charge in [-0.05, 0) is 188 Å². The Morgan fingerprint density at radius 3 is 1.43 bits per heavy atom. The molecule has 1 heterocycles. The van der Waals surface area contributed by atoms with Crippen molar-refractivity contribution >= 4 is 63.6 Å². The number of nitrogens with zero attached hydrogens (tertiary/aromatic N) is 3. The topological polar surface area (TPSA) is 206 Å². The second-order valence-electron chi connectivity index (χ2n) is 21.1. The number of para-hydroxylation sites is 1. The van der Waals surface area contributed by atoms with Gasteiger partial charge >= 0.3 is 35.8 Å². The first-order valence-corrected chi connectivity index (χ1v) is 30.5. The van der Waals surface area contributed by atoms with E-state index in [9.17, 15) is 28.8 Å². The molecular formula is C66H79N3O14S. The van der Waals surface area contributed by atoms with Gasteiger partial charge in [0.1, 0.15) is 34.5 Å². The normalized spacial score (nSPS) is 17.0. The molecule has 2 fully saturated rings. The van der Waals surface area contributed by atoms with Crippen LogP contribution in [0.3, 0.4) is 0 Å². The van der Waals surface area contributed by atoms with Crippen molar-refractivity contribution in [1.29, 1.82) is 0 Å². The summed E-state index contributed by atoms with van der Waals surface area (Å²) in [6, 6.07) is 26.8. The van der Waals surface area contributed by atoms with Gasteiger partial charge in [-0.3, -0.25) is 19.2 Å². The number of esters is 6. The van der Waals surface area contributed by atoms with Gasteiger partial charge in [-0.1, -0.05) is 62.8 Å². The SMILES string of the molecule is C=CC(=O)OCCCCCCOc1ccc(OC(=O)[C@H]2CC[C@H](C(=O)Oc3ccc(OC(=O)[C@H]4CC[C@H](C(=O)Oc5ccc(OCCCCCCOC(=O)C=C)cc5)CC4)c(/C=N/N=c4\sc5ccccc5n4CCCCCC)c3)CC2)cc1. The number of thiazole rings is 1. The van der Waals surface area contributed by atoms with Crippen molar-refractivity contribution in [2.24, 2.45) is 33.9 Å². The fourth-order valence-corrected chi connectivity index (χ4v) is 11.0. The highest BCUT2D eigenvalue weighted by Crippen LogP contribution is 2.35. The van der Waals surface area contributed by atoms with Gasteiger partial charge in [0.05, 0.1) is 66.5 Å². The van der Waals surface area contributed by atoms with Crippen LogP contribution >= 0.6 is 11.3 Å². The minimum absolute atomic E-state index is 0.218. The van der Waals surface area contributed by atoms with E-state index in [2.05, 4.69) is 47.0 Å². The van der Waals surface area contributed by atoms with Crippen LogP contribution in [0, 0.1) is 23.7 Å². The van der Waals surface area contributed by atoms with Gasteiger partial charge in [-0.15, -0.1) is 5.10 Å². The van der Waals surface area contributed by atoms with Gasteiger partial charge in [-0.2, -0.15) is 5.10 Å². The van der Waals surface area contributed by atoms with Gasteiger partial charge < -0.3 is 42.5 Å². The summed E-state index contributed by atoms with van der Waals surface area (Å²) in [6.07, 6.45) is 18.7. The van der Waals surface area contributed by atoms with E-state index in [1.807, 2.05) is 12.1 Å². The molecule has 5 aromatic rings. The maximum absolute atomic E-state index is 13.9. The zero-order chi connectivity index (χ0) is 59.3. The van der Waals surface area contributed by atoms with E-state index in [1.54, 1.807) is 66.7 Å². The van der Waals surface area contributed by atoms with Crippen LogP contribution < -0.4 is 33.2 Å². The van der Waals surface area contributed by atoms with Crippen molar-refractivity contribution in [3.05, 3.63) is 127 Å². The first-order chi connectivity index (χ1) is 41.0. The number of hydrogen-bond donors (Lipinski definition) is 0. The second-order valence-corrected chi connectivity index (χ2v) is 22.1. The number of aryl methyl sites for hydroxylation is 1. The van der Waals surface area contributed by atoms with E-state index in [0.29, 0.717) is 106 Å². The molecule has 4 aromatic carbocycles. The average Bonchev–Trinajstić information content (AvgIpc) is 4.14. The van der Waals surface area contributed by atoms with Gasteiger partial charge in [0.25, 0.3) is 0 Å². The Kier molecular flexibility index (Phi) is 26.3. The highest BCUT2D eigenvalue weighted by molar-refractivity contribution is 7.16. The van der Waals surface area contributed by atoms with Crippen molar-refractivity contribution in [3.8, 4) is 34.5 Å². The molecule has 0 saturated heterocycles. The standard InChI is InChI=1S/C66H79N3O14S/c1-4-7-8-15-40-69-57-20-13-14-21-59(57)84-66(69)68-67-46-51-45-56(82-64(74)49-24-22-47(23-25-49)62(72)80-54-34-30-52(31-35-54)76-41-16-9-11-18-43-78-60(70)5-2)38-39-58(51)83-65(75)50-28-26-48(27-29-50)63(73)81-55-36-32-53(33-37-55)77-42-17-10-12-19-44-79-61(71)6-3/h5-6,13-14,20-21,30-39,45-50H,2-4,7-12,15-19,22-29,40-44H2,1H3/b67-46+,68-66-/t47-,48-,49-,50-. The van der Waals surface area contributed by atoms with Crippen LogP contribution in [0.5, 0.6) is 34.5 Å². The predicted molar refractivity (Wildman–Crippen MR) is 320 cm³/mol. The summed E-state index contributed by atoms with van der Waals surface area (Å²) in [5.74, 6) is -1.48. The fourth-order valence-electron chi connectivity index (χ4n) is 10.0. The van der Waals surface area contributed by atoms with Gasteiger partial charge in [0.2, 0.25) is 4.80 Å². The maximum Gasteiger partial charge on any atom is 0.330 e. The van der Waals surface area contributed by atoms with Crippen molar-refractivity contribution in [1.82, 2.24) is 4.57 Å². The summed E-state index contributed by atoms with van der Waals surface area (Å²) in [5, 5.41) is 9.19. The lowest BCUT2D eigenvalue weighted by molar-refractivity contribution is -0.145. The molecule has 84 heavy (non-hydrogen) atoms. The third-order valence-corrected chi connectivity index (χ3v) is 15.9. The molecule has 0 N–H and O–H groups in total. The third-order valence-electron chi connectivity index (χ3n) is 14.9. The smallest absolute Gasteiger partial charge is 0.330 e. The van der Waals surface area contributed by atoms with Crippen LogP contribution in [0.1, 0.15) is 141 Å². The highest BCUT2D eigenvalue weighted by atomic mass is 32.1.